The van der Waals surface area contributed by atoms with E-state index >= 15 is 0 Å². The fourth-order valence-electron chi connectivity index (χ4n) is 2.20. The van der Waals surface area contributed by atoms with Gasteiger partial charge >= 0.3 is 0 Å². The average molecular weight is 264 g/mol. The van der Waals surface area contributed by atoms with E-state index in [0.717, 1.165) is 0 Å². The van der Waals surface area contributed by atoms with Crippen molar-refractivity contribution < 1.29 is 19.4 Å². The summed E-state index contributed by atoms with van der Waals surface area (Å²) in [5, 5.41) is 10.1. The second-order valence-corrected chi connectivity index (χ2v) is 5.92. The van der Waals surface area contributed by atoms with E-state index in [1.807, 2.05) is 20.8 Å². The minimum atomic E-state index is -0.963. The third kappa shape index (κ3) is 2.51. The van der Waals surface area contributed by atoms with Crippen LogP contribution in [-0.4, -0.2) is 24.1 Å². The molecule has 1 aliphatic heterocycles. The number of carbonyl (C=O) groups excluding carboxylic acids is 1. The van der Waals surface area contributed by atoms with Crippen LogP contribution in [0.2, 0.25) is 0 Å². The fourth-order valence-corrected chi connectivity index (χ4v) is 2.20. The average Bonchev–Trinajstić information content (AvgIpc) is 2.75. The zero-order chi connectivity index (χ0) is 14.3. The molecule has 0 aromatic heterocycles. The summed E-state index contributed by atoms with van der Waals surface area (Å²) in [6.45, 7) is 8.21. The van der Waals surface area contributed by atoms with Crippen LogP contribution < -0.4 is 0 Å². The van der Waals surface area contributed by atoms with Crippen molar-refractivity contribution in [3.05, 3.63) is 29.3 Å². The van der Waals surface area contributed by atoms with Crippen LogP contribution in [0.3, 0.4) is 0 Å². The van der Waals surface area contributed by atoms with Gasteiger partial charge in [-0.15, -0.1) is 0 Å². The third-order valence-electron chi connectivity index (χ3n) is 3.28. The Morgan fingerprint density at radius 1 is 1.26 bits per heavy atom. The summed E-state index contributed by atoms with van der Waals surface area (Å²) in [4.78, 5) is 12.5. The molecule has 4 heteroatoms. The number of rotatable bonds is 2. The van der Waals surface area contributed by atoms with Gasteiger partial charge < -0.3 is 14.6 Å². The highest BCUT2D eigenvalue weighted by molar-refractivity contribution is 6.03. The van der Waals surface area contributed by atoms with Crippen molar-refractivity contribution in [2.45, 2.75) is 33.5 Å². The van der Waals surface area contributed by atoms with E-state index in [0.29, 0.717) is 24.3 Å². The van der Waals surface area contributed by atoms with Crippen LogP contribution >= 0.6 is 0 Å². The predicted molar refractivity (Wildman–Crippen MR) is 71.1 cm³/mol. The van der Waals surface area contributed by atoms with Gasteiger partial charge in [-0.3, -0.25) is 4.79 Å². The number of carbonyl (C=O) groups is 1. The number of Topliss-reactive ketones (excluding diaryl/α,β-unsaturated/α-hetero) is 1. The van der Waals surface area contributed by atoms with Crippen molar-refractivity contribution in [1.82, 2.24) is 0 Å². The van der Waals surface area contributed by atoms with Crippen LogP contribution in [0.4, 0.5) is 0 Å². The molecular formula is C15H20O4. The molecule has 0 aliphatic carbocycles. The molecule has 0 atom stereocenters. The van der Waals surface area contributed by atoms with E-state index in [2.05, 4.69) is 0 Å². The lowest BCUT2D eigenvalue weighted by Crippen LogP contribution is -2.29. The first kappa shape index (κ1) is 14.0. The molecule has 0 spiro atoms. The van der Waals surface area contributed by atoms with Crippen LogP contribution in [0.5, 0.6) is 5.75 Å². The zero-order valence-electron chi connectivity index (χ0n) is 11.8. The molecule has 0 saturated carbocycles. The van der Waals surface area contributed by atoms with Crippen LogP contribution in [0.15, 0.2) is 18.2 Å². The Morgan fingerprint density at radius 2 is 1.84 bits per heavy atom. The Morgan fingerprint density at radius 3 is 2.37 bits per heavy atom. The highest BCUT2D eigenvalue weighted by Crippen LogP contribution is 2.38. The summed E-state index contributed by atoms with van der Waals surface area (Å²) in [5.74, 6) is -1.12. The first-order chi connectivity index (χ1) is 8.76. The molecule has 0 amide bonds. The smallest absolute Gasteiger partial charge is 0.192 e. The Bertz CT molecular complexity index is 493. The molecule has 1 aromatic rings. The van der Waals surface area contributed by atoms with E-state index in [1.165, 1.54) is 6.07 Å². The molecule has 0 unspecified atom stereocenters. The van der Waals surface area contributed by atoms with E-state index < -0.39 is 11.2 Å². The lowest BCUT2D eigenvalue weighted by Gasteiger charge is -2.27. The van der Waals surface area contributed by atoms with Crippen LogP contribution in [0.25, 0.3) is 0 Å². The van der Waals surface area contributed by atoms with Crippen molar-refractivity contribution >= 4 is 5.78 Å². The molecule has 19 heavy (non-hydrogen) atoms. The van der Waals surface area contributed by atoms with E-state index in [-0.39, 0.29) is 11.5 Å². The summed E-state index contributed by atoms with van der Waals surface area (Å²) in [5.41, 5.74) is 0.298. The van der Waals surface area contributed by atoms with Crippen molar-refractivity contribution in [2.24, 2.45) is 5.41 Å². The Balaban J connectivity index is 2.57. The Kier molecular flexibility index (Phi) is 3.41. The molecule has 1 fully saturated rings. The number of aromatic hydroxyl groups is 1. The first-order valence-electron chi connectivity index (χ1n) is 6.41. The zero-order valence-corrected chi connectivity index (χ0v) is 11.8. The normalized spacial score (nSPS) is 18.5. The molecule has 1 saturated heterocycles. The number of ketones is 1. The highest BCUT2D eigenvalue weighted by atomic mass is 16.7. The van der Waals surface area contributed by atoms with E-state index in [9.17, 15) is 9.90 Å². The molecule has 1 aliphatic rings. The second-order valence-electron chi connectivity index (χ2n) is 5.92. The lowest BCUT2D eigenvalue weighted by atomic mass is 9.83. The van der Waals surface area contributed by atoms with Gasteiger partial charge in [-0.2, -0.15) is 0 Å². The predicted octanol–water partition coefficient (Wildman–Crippen LogP) is 2.84. The maximum absolute atomic E-state index is 12.5. The van der Waals surface area contributed by atoms with Gasteiger partial charge in [0.25, 0.3) is 0 Å². The van der Waals surface area contributed by atoms with Gasteiger partial charge in [-0.1, -0.05) is 32.9 Å². The van der Waals surface area contributed by atoms with Gasteiger partial charge in [0.05, 0.1) is 18.8 Å². The molecule has 1 aromatic carbocycles. The maximum Gasteiger partial charge on any atom is 0.192 e. The van der Waals surface area contributed by atoms with E-state index in [1.54, 1.807) is 19.1 Å². The summed E-state index contributed by atoms with van der Waals surface area (Å²) in [6, 6.07) is 4.98. The minimum Gasteiger partial charge on any atom is -0.507 e. The van der Waals surface area contributed by atoms with Gasteiger partial charge in [-0.05, 0) is 13.0 Å². The number of benzene rings is 1. The van der Waals surface area contributed by atoms with Gasteiger partial charge in [0.1, 0.15) is 5.75 Å². The summed E-state index contributed by atoms with van der Waals surface area (Å²) in [7, 11) is 0. The largest absolute Gasteiger partial charge is 0.507 e. The number of ether oxygens (including phenoxy) is 2. The lowest BCUT2D eigenvalue weighted by molar-refractivity contribution is -0.150. The topological polar surface area (TPSA) is 55.8 Å². The molecule has 1 heterocycles. The SMILES string of the molecule is CC(C)(C)C(=O)c1c(O)cccc1C1(C)OCCO1. The molecule has 0 radical (unpaired) electrons. The standard InChI is InChI=1S/C15H20O4/c1-14(2,3)13(17)12-10(6-5-7-11(12)16)15(4)18-8-9-19-15/h5-7,16H,8-9H2,1-4H3. The summed E-state index contributed by atoms with van der Waals surface area (Å²) in [6.07, 6.45) is 0. The fraction of sp³-hybridized carbons (Fsp3) is 0.533. The van der Waals surface area contributed by atoms with Gasteiger partial charge in [0.2, 0.25) is 0 Å². The van der Waals surface area contributed by atoms with E-state index in [4.69, 9.17) is 9.47 Å². The Hall–Kier alpha value is -1.39. The van der Waals surface area contributed by atoms with Crippen LogP contribution in [0, 0.1) is 5.41 Å². The Labute approximate surface area is 113 Å². The molecule has 1 N–H and O–H groups in total. The molecule has 4 nitrogen and oxygen atoms in total. The number of hydrogen-bond acceptors (Lipinski definition) is 4. The molecular weight excluding hydrogens is 244 g/mol. The van der Waals surface area contributed by atoms with Crippen molar-refractivity contribution in [2.75, 3.05) is 13.2 Å². The quantitative estimate of drug-likeness (QED) is 0.834. The monoisotopic (exact) mass is 264 g/mol. The van der Waals surface area contributed by atoms with Crippen molar-refractivity contribution in [3.63, 3.8) is 0 Å². The number of hydrogen-bond donors (Lipinski definition) is 1. The summed E-state index contributed by atoms with van der Waals surface area (Å²) >= 11 is 0. The first-order valence-corrected chi connectivity index (χ1v) is 6.41. The van der Waals surface area contributed by atoms with Crippen molar-refractivity contribution in [3.8, 4) is 5.75 Å². The third-order valence-corrected chi connectivity index (χ3v) is 3.28. The molecule has 0 bridgehead atoms. The number of phenols is 1. The van der Waals surface area contributed by atoms with Crippen molar-refractivity contribution in [1.29, 1.82) is 0 Å². The minimum absolute atomic E-state index is 0.0299. The highest BCUT2D eigenvalue weighted by Gasteiger charge is 2.39. The van der Waals surface area contributed by atoms with Gasteiger partial charge in [0, 0.05) is 11.0 Å². The van der Waals surface area contributed by atoms with Gasteiger partial charge in [0.15, 0.2) is 11.6 Å². The molecule has 104 valence electrons. The second kappa shape index (κ2) is 4.62. The van der Waals surface area contributed by atoms with Crippen LogP contribution in [0.1, 0.15) is 43.6 Å². The molecule has 2 rings (SSSR count). The number of phenolic OH excluding ortho intramolecular Hbond substituents is 1. The maximum atomic E-state index is 12.5. The van der Waals surface area contributed by atoms with Crippen LogP contribution in [-0.2, 0) is 15.3 Å². The summed E-state index contributed by atoms with van der Waals surface area (Å²) < 4.78 is 11.2. The van der Waals surface area contributed by atoms with Gasteiger partial charge in [-0.25, -0.2) is 0 Å².